The molecule has 3 aromatic carbocycles. The zero-order valence-electron chi connectivity index (χ0n) is 38.6. The van der Waals surface area contributed by atoms with Gasteiger partial charge in [0.25, 0.3) is 11.8 Å². The van der Waals surface area contributed by atoms with Gasteiger partial charge in [-0.3, -0.25) is 44.0 Å². The Morgan fingerprint density at radius 2 is 1.54 bits per heavy atom. The number of fused-ring (bicyclic) bond motifs is 2. The Hall–Kier alpha value is -6.26. The molecule has 1 aliphatic carbocycles. The van der Waals surface area contributed by atoms with Crippen molar-refractivity contribution in [2.24, 2.45) is 17.8 Å². The predicted octanol–water partition coefficient (Wildman–Crippen LogP) is 6.53. The predicted molar refractivity (Wildman–Crippen MR) is 252 cm³/mol. The monoisotopic (exact) mass is 929 g/mol. The lowest BCUT2D eigenvalue weighted by molar-refractivity contribution is -0.139. The van der Waals surface area contributed by atoms with Crippen LogP contribution in [0.15, 0.2) is 72.9 Å². The van der Waals surface area contributed by atoms with E-state index < -0.39 is 29.7 Å². The topological polar surface area (TPSA) is 180 Å². The third-order valence-electron chi connectivity index (χ3n) is 14.8. The summed E-state index contributed by atoms with van der Waals surface area (Å²) in [6.07, 6.45) is 8.92. The van der Waals surface area contributed by atoms with E-state index in [9.17, 15) is 33.2 Å². The number of hydrogen-bond acceptors (Lipinski definition) is 11. The maximum Gasteiger partial charge on any atom is 0.262 e. The van der Waals surface area contributed by atoms with E-state index in [0.717, 1.165) is 104 Å². The number of likely N-dealkylation sites (tertiary alicyclic amines) is 2. The van der Waals surface area contributed by atoms with Crippen molar-refractivity contribution < 1.29 is 42.6 Å². The van der Waals surface area contributed by atoms with Crippen LogP contribution in [0, 0.1) is 23.6 Å². The maximum atomic E-state index is 14.1. The number of carbonyl (C=O) groups is 6. The van der Waals surface area contributed by atoms with E-state index in [1.54, 1.807) is 36.5 Å². The van der Waals surface area contributed by atoms with Gasteiger partial charge in [-0.25, -0.2) is 4.39 Å². The van der Waals surface area contributed by atoms with E-state index in [4.69, 9.17) is 9.47 Å². The second-order valence-corrected chi connectivity index (χ2v) is 19.0. The van der Waals surface area contributed by atoms with Gasteiger partial charge in [-0.1, -0.05) is 6.92 Å². The summed E-state index contributed by atoms with van der Waals surface area (Å²) in [5.74, 6) is -0.918. The number of hydrogen-bond donors (Lipinski definition) is 3. The molecule has 6 amide bonds. The molecule has 68 heavy (non-hydrogen) atoms. The number of pyridine rings is 1. The fourth-order valence-corrected chi connectivity index (χ4v) is 10.7. The Morgan fingerprint density at radius 3 is 2.29 bits per heavy atom. The molecular formula is C52H60FN7O8. The first-order valence-corrected chi connectivity index (χ1v) is 24.3. The van der Waals surface area contributed by atoms with Gasteiger partial charge >= 0.3 is 0 Å². The van der Waals surface area contributed by atoms with Crippen molar-refractivity contribution in [1.29, 1.82) is 0 Å². The van der Waals surface area contributed by atoms with Crippen molar-refractivity contribution in [2.45, 2.75) is 89.2 Å². The molecule has 0 radical (unpaired) electrons. The highest BCUT2D eigenvalue weighted by atomic mass is 19.1. The smallest absolute Gasteiger partial charge is 0.262 e. The van der Waals surface area contributed by atoms with Crippen molar-refractivity contribution in [2.75, 3.05) is 63.1 Å². The average Bonchev–Trinajstić information content (AvgIpc) is 3.60. The summed E-state index contributed by atoms with van der Waals surface area (Å²) < 4.78 is 26.3. The highest BCUT2D eigenvalue weighted by Crippen LogP contribution is 2.41. The zero-order valence-corrected chi connectivity index (χ0v) is 38.6. The summed E-state index contributed by atoms with van der Waals surface area (Å²) >= 11 is 0. The van der Waals surface area contributed by atoms with Gasteiger partial charge in [-0.05, 0) is 142 Å². The first kappa shape index (κ1) is 46.8. The van der Waals surface area contributed by atoms with E-state index in [1.165, 1.54) is 6.07 Å². The van der Waals surface area contributed by atoms with Crippen molar-refractivity contribution in [3.8, 4) is 5.75 Å². The molecule has 1 saturated carbocycles. The van der Waals surface area contributed by atoms with Crippen LogP contribution in [0.4, 0.5) is 15.8 Å². The van der Waals surface area contributed by atoms with Crippen LogP contribution in [-0.4, -0.2) is 120 Å². The minimum Gasteiger partial charge on any atom is -0.490 e. The number of amides is 6. The molecule has 0 bridgehead atoms. The third kappa shape index (κ3) is 10.6. The average molecular weight is 930 g/mol. The molecule has 15 nitrogen and oxygen atoms in total. The first-order valence-electron chi connectivity index (χ1n) is 24.3. The molecule has 3 saturated heterocycles. The summed E-state index contributed by atoms with van der Waals surface area (Å²) in [4.78, 5) is 86.5. The Morgan fingerprint density at radius 1 is 0.809 bits per heavy atom. The molecular weight excluding hydrogens is 870 g/mol. The summed E-state index contributed by atoms with van der Waals surface area (Å²) in [6.45, 7) is 7.24. The van der Waals surface area contributed by atoms with Crippen LogP contribution in [0.2, 0.25) is 0 Å². The number of imide groups is 2. The molecule has 16 heteroatoms. The summed E-state index contributed by atoms with van der Waals surface area (Å²) in [5.41, 5.74) is 3.81. The molecule has 4 aromatic rings. The quantitative estimate of drug-likeness (QED) is 0.0872. The number of piperidine rings is 3. The minimum absolute atomic E-state index is 0.0106. The number of anilines is 2. The van der Waals surface area contributed by atoms with Crippen LogP contribution < -0.4 is 20.7 Å². The Kier molecular flexibility index (Phi) is 14.4. The lowest BCUT2D eigenvalue weighted by Gasteiger charge is -2.37. The number of benzene rings is 3. The van der Waals surface area contributed by atoms with E-state index >= 15 is 0 Å². The van der Waals surface area contributed by atoms with Crippen LogP contribution in [0.5, 0.6) is 5.75 Å². The van der Waals surface area contributed by atoms with Gasteiger partial charge in [-0.15, -0.1) is 0 Å². The van der Waals surface area contributed by atoms with Gasteiger partial charge in [-0.2, -0.15) is 0 Å². The van der Waals surface area contributed by atoms with Gasteiger partial charge in [0, 0.05) is 80.2 Å². The number of nitrogens with zero attached hydrogens (tertiary/aromatic N) is 4. The number of nitrogens with one attached hydrogen (secondary N) is 3. The molecule has 5 aliphatic rings. The first-order chi connectivity index (χ1) is 33.0. The largest absolute Gasteiger partial charge is 0.490 e. The molecule has 5 heterocycles. The summed E-state index contributed by atoms with van der Waals surface area (Å²) in [6, 6.07) is 18.2. The Balaban J connectivity index is 0.629. The van der Waals surface area contributed by atoms with Crippen molar-refractivity contribution in [3.05, 3.63) is 95.4 Å². The number of rotatable bonds is 15. The molecule has 1 aromatic heterocycles. The Bertz CT molecular complexity index is 2530. The molecule has 0 spiro atoms. The van der Waals surface area contributed by atoms with Crippen LogP contribution in [-0.2, 0) is 23.9 Å². The minimum atomic E-state index is -1.00. The fourth-order valence-electron chi connectivity index (χ4n) is 10.7. The van der Waals surface area contributed by atoms with E-state index in [1.807, 2.05) is 42.2 Å². The molecule has 1 unspecified atom stereocenters. The van der Waals surface area contributed by atoms with Gasteiger partial charge in [0.05, 0.1) is 29.9 Å². The van der Waals surface area contributed by atoms with Gasteiger partial charge in [0.15, 0.2) is 0 Å². The van der Waals surface area contributed by atoms with Crippen molar-refractivity contribution >= 4 is 57.7 Å². The third-order valence-corrected chi connectivity index (χ3v) is 14.8. The molecule has 358 valence electrons. The second-order valence-electron chi connectivity index (χ2n) is 19.0. The van der Waals surface area contributed by atoms with Crippen LogP contribution >= 0.6 is 0 Å². The summed E-state index contributed by atoms with van der Waals surface area (Å²) in [5, 5.41) is 9.43. The van der Waals surface area contributed by atoms with E-state index in [-0.39, 0.29) is 65.5 Å². The van der Waals surface area contributed by atoms with Gasteiger partial charge in [0.2, 0.25) is 23.6 Å². The summed E-state index contributed by atoms with van der Waals surface area (Å²) in [7, 11) is 0. The van der Waals surface area contributed by atoms with Crippen LogP contribution in [0.1, 0.15) is 103 Å². The molecule has 3 N–H and O–H groups in total. The van der Waals surface area contributed by atoms with Crippen LogP contribution in [0.3, 0.4) is 0 Å². The molecule has 4 fully saturated rings. The second kappa shape index (κ2) is 20.9. The van der Waals surface area contributed by atoms with Crippen molar-refractivity contribution in [3.63, 3.8) is 0 Å². The lowest BCUT2D eigenvalue weighted by atomic mass is 9.73. The number of carbonyl (C=O) groups excluding carboxylic acids is 6. The molecule has 4 aliphatic heterocycles. The van der Waals surface area contributed by atoms with E-state index in [2.05, 4.69) is 25.8 Å². The number of aromatic nitrogens is 1. The molecule has 9 rings (SSSR count). The number of halogens is 1. The van der Waals surface area contributed by atoms with Gasteiger partial charge in [0.1, 0.15) is 23.7 Å². The van der Waals surface area contributed by atoms with E-state index in [0.29, 0.717) is 44.5 Å². The zero-order chi connectivity index (χ0) is 47.3. The number of ether oxygens (including phenoxy) is 2. The Labute approximate surface area is 395 Å². The van der Waals surface area contributed by atoms with Gasteiger partial charge < -0.3 is 29.9 Å². The fraction of sp³-hybridized carbons (Fsp3) is 0.481. The highest BCUT2D eigenvalue weighted by Gasteiger charge is 2.44. The maximum absolute atomic E-state index is 14.1. The van der Waals surface area contributed by atoms with Crippen LogP contribution in [0.25, 0.3) is 10.9 Å². The highest BCUT2D eigenvalue weighted by molar-refractivity contribution is 6.23. The standard InChI is InChI=1S/C52H60FN7O8/c1-32(33-2-4-34(5-3-33)41-16-21-55-45-13-6-36(53)30-43(41)45)48(62)56-37-7-10-39(11-8-37)68-40-19-25-59(26-20-40)50(64)35-17-23-58(24-18-35)27-29-67-28-22-54-38-9-12-42-44(31-38)52(66)60(51(42)65)46-14-15-47(61)57-49(46)63/h6-13,16,21,30-35,40,46,54H,2-5,14-15,17-20,22-29H2,1H3,(H,56,62)(H,57,61,63)/t32-,33-,34+,46?/m1/s1. The normalized spacial score (nSPS) is 22.2. The van der Waals surface area contributed by atoms with Crippen molar-refractivity contribution in [1.82, 2.24) is 25.0 Å². The molecule has 2 atom stereocenters. The lowest BCUT2D eigenvalue weighted by Crippen LogP contribution is -2.54. The SMILES string of the molecule is C[C@@H](C(=O)Nc1ccc(OC2CCN(C(=O)C3CCN(CCOCCNc4ccc5c(c4)C(=O)N(C4CCC(=O)NC4=O)C5=O)CC3)CC2)cc1)[C@H]1CC[C@@H](c2ccnc3ccc(F)cc32)CC1.